The van der Waals surface area contributed by atoms with Crippen LogP contribution in [0.15, 0.2) is 18.2 Å². The van der Waals surface area contributed by atoms with Gasteiger partial charge in [0.05, 0.1) is 0 Å². The van der Waals surface area contributed by atoms with Crippen molar-refractivity contribution >= 4 is 23.2 Å². The van der Waals surface area contributed by atoms with Crippen molar-refractivity contribution in [1.82, 2.24) is 5.32 Å². The third-order valence-electron chi connectivity index (χ3n) is 3.28. The summed E-state index contributed by atoms with van der Waals surface area (Å²) in [6.45, 7) is 4.63. The van der Waals surface area contributed by atoms with Gasteiger partial charge in [-0.2, -0.15) is 0 Å². The number of nitrogens with one attached hydrogen (secondary N) is 1. The summed E-state index contributed by atoms with van der Waals surface area (Å²) in [7, 11) is 0. The minimum Gasteiger partial charge on any atom is -0.306 e. The van der Waals surface area contributed by atoms with Crippen LogP contribution in [-0.2, 0) is 6.54 Å². The minimum atomic E-state index is -0.277. The first-order chi connectivity index (χ1) is 8.06. The van der Waals surface area contributed by atoms with Gasteiger partial charge in [-0.3, -0.25) is 0 Å². The summed E-state index contributed by atoms with van der Waals surface area (Å²) in [6.07, 6.45) is 1.84. The van der Waals surface area contributed by atoms with Crippen LogP contribution in [0.1, 0.15) is 32.3 Å². The Labute approximate surface area is 112 Å². The van der Waals surface area contributed by atoms with E-state index in [0.29, 0.717) is 23.0 Å². The second-order valence-corrected chi connectivity index (χ2v) is 4.91. The molecule has 0 spiro atoms. The fourth-order valence-corrected chi connectivity index (χ4v) is 2.32. The summed E-state index contributed by atoms with van der Waals surface area (Å²) in [4.78, 5) is 0. The molecule has 0 fully saturated rings. The van der Waals surface area contributed by atoms with Crippen molar-refractivity contribution in [1.29, 1.82) is 0 Å². The first-order valence-electron chi connectivity index (χ1n) is 5.82. The highest BCUT2D eigenvalue weighted by molar-refractivity contribution is 6.30. The van der Waals surface area contributed by atoms with Crippen molar-refractivity contribution in [2.45, 2.75) is 38.8 Å². The highest BCUT2D eigenvalue weighted by Gasteiger charge is 2.24. The number of rotatable bonds is 6. The van der Waals surface area contributed by atoms with E-state index >= 15 is 0 Å². The van der Waals surface area contributed by atoms with Crippen molar-refractivity contribution in [2.75, 3.05) is 5.88 Å². The van der Waals surface area contributed by atoms with Crippen molar-refractivity contribution in [2.24, 2.45) is 0 Å². The number of alkyl halides is 1. The smallest absolute Gasteiger partial charge is 0.129 e. The zero-order chi connectivity index (χ0) is 12.9. The Bertz CT molecular complexity index is 356. The molecule has 1 aromatic rings. The quantitative estimate of drug-likeness (QED) is 0.762. The van der Waals surface area contributed by atoms with Crippen LogP contribution in [-0.4, -0.2) is 11.4 Å². The second kappa shape index (κ2) is 6.58. The van der Waals surface area contributed by atoms with Gasteiger partial charge in [-0.25, -0.2) is 4.39 Å². The predicted octanol–water partition coefficient (Wildman–Crippen LogP) is 4.37. The van der Waals surface area contributed by atoms with E-state index in [4.69, 9.17) is 23.2 Å². The van der Waals surface area contributed by atoms with Crippen molar-refractivity contribution in [3.63, 3.8) is 0 Å². The molecule has 0 radical (unpaired) electrons. The van der Waals surface area contributed by atoms with E-state index in [9.17, 15) is 4.39 Å². The lowest BCUT2D eigenvalue weighted by Gasteiger charge is -2.31. The molecule has 4 heteroatoms. The van der Waals surface area contributed by atoms with Gasteiger partial charge in [-0.05, 0) is 25.0 Å². The van der Waals surface area contributed by atoms with Crippen LogP contribution in [0.2, 0.25) is 5.02 Å². The Hall–Kier alpha value is -0.310. The largest absolute Gasteiger partial charge is 0.306 e. The normalized spacial score (nSPS) is 11.8. The van der Waals surface area contributed by atoms with Crippen molar-refractivity contribution < 1.29 is 4.39 Å². The molecule has 0 heterocycles. The zero-order valence-corrected chi connectivity index (χ0v) is 11.7. The molecular weight excluding hydrogens is 260 g/mol. The van der Waals surface area contributed by atoms with Crippen LogP contribution < -0.4 is 5.32 Å². The Morgan fingerprint density at radius 3 is 2.41 bits per heavy atom. The van der Waals surface area contributed by atoms with Crippen LogP contribution in [0.3, 0.4) is 0 Å². The molecule has 0 aromatic heterocycles. The standard InChI is InChI=1S/C13H18Cl2FN/c1-3-13(4-2,9-14)17-8-10-5-6-11(15)7-12(10)16/h5-7,17H,3-4,8-9H2,1-2H3. The molecule has 0 aliphatic heterocycles. The topological polar surface area (TPSA) is 12.0 Å². The Balaban J connectivity index is 2.72. The summed E-state index contributed by atoms with van der Waals surface area (Å²) < 4.78 is 13.6. The van der Waals surface area contributed by atoms with Gasteiger partial charge in [0, 0.05) is 28.5 Å². The molecule has 1 aromatic carbocycles. The molecule has 1 nitrogen and oxygen atoms in total. The van der Waals surface area contributed by atoms with E-state index in [1.54, 1.807) is 12.1 Å². The lowest BCUT2D eigenvalue weighted by Crippen LogP contribution is -2.45. The first-order valence-corrected chi connectivity index (χ1v) is 6.73. The first kappa shape index (κ1) is 14.7. The highest BCUT2D eigenvalue weighted by Crippen LogP contribution is 2.20. The Morgan fingerprint density at radius 2 is 1.94 bits per heavy atom. The molecular formula is C13H18Cl2FN. The maximum absolute atomic E-state index is 13.6. The molecule has 0 unspecified atom stereocenters. The molecule has 1 rings (SSSR count). The van der Waals surface area contributed by atoms with Crippen molar-refractivity contribution in [3.8, 4) is 0 Å². The predicted molar refractivity (Wildman–Crippen MR) is 72.3 cm³/mol. The SMILES string of the molecule is CCC(CC)(CCl)NCc1ccc(Cl)cc1F. The molecule has 17 heavy (non-hydrogen) atoms. The minimum absolute atomic E-state index is 0.117. The summed E-state index contributed by atoms with van der Waals surface area (Å²) in [5.74, 6) is 0.246. The van der Waals surface area contributed by atoms with E-state index < -0.39 is 0 Å². The number of hydrogen-bond acceptors (Lipinski definition) is 1. The van der Waals surface area contributed by atoms with Crippen LogP contribution in [0.4, 0.5) is 4.39 Å². The Morgan fingerprint density at radius 1 is 1.29 bits per heavy atom. The maximum Gasteiger partial charge on any atom is 0.129 e. The van der Waals surface area contributed by atoms with Gasteiger partial charge < -0.3 is 5.32 Å². The van der Waals surface area contributed by atoms with Crippen LogP contribution in [0, 0.1) is 5.82 Å². The van der Waals surface area contributed by atoms with Gasteiger partial charge in [-0.1, -0.05) is 31.5 Å². The maximum atomic E-state index is 13.6. The van der Waals surface area contributed by atoms with Crippen LogP contribution in [0.5, 0.6) is 0 Å². The van der Waals surface area contributed by atoms with E-state index in [1.165, 1.54) is 6.07 Å². The fraction of sp³-hybridized carbons (Fsp3) is 0.538. The van der Waals surface area contributed by atoms with E-state index in [2.05, 4.69) is 19.2 Å². The van der Waals surface area contributed by atoms with Crippen molar-refractivity contribution in [3.05, 3.63) is 34.6 Å². The Kier molecular flexibility index (Phi) is 5.71. The summed E-state index contributed by atoms with van der Waals surface area (Å²) in [5, 5.41) is 3.76. The van der Waals surface area contributed by atoms with E-state index in [1.807, 2.05) is 0 Å². The third kappa shape index (κ3) is 3.84. The van der Waals surface area contributed by atoms with Gasteiger partial charge in [-0.15, -0.1) is 11.6 Å². The molecule has 0 saturated carbocycles. The molecule has 0 amide bonds. The molecule has 0 atom stereocenters. The molecule has 0 saturated heterocycles. The van der Waals surface area contributed by atoms with Gasteiger partial charge in [0.15, 0.2) is 0 Å². The third-order valence-corrected chi connectivity index (χ3v) is 4.02. The number of benzene rings is 1. The lowest BCUT2D eigenvalue weighted by atomic mass is 9.95. The van der Waals surface area contributed by atoms with Crippen LogP contribution >= 0.6 is 23.2 Å². The van der Waals surface area contributed by atoms with Gasteiger partial charge in [0.25, 0.3) is 0 Å². The summed E-state index contributed by atoms with van der Waals surface area (Å²) >= 11 is 11.7. The second-order valence-electron chi connectivity index (χ2n) is 4.21. The number of hydrogen-bond donors (Lipinski definition) is 1. The fourth-order valence-electron chi connectivity index (χ4n) is 1.68. The van der Waals surface area contributed by atoms with Gasteiger partial charge >= 0.3 is 0 Å². The van der Waals surface area contributed by atoms with Gasteiger partial charge in [0.2, 0.25) is 0 Å². The molecule has 0 aliphatic carbocycles. The highest BCUT2D eigenvalue weighted by atomic mass is 35.5. The van der Waals surface area contributed by atoms with Crippen LogP contribution in [0.25, 0.3) is 0 Å². The van der Waals surface area contributed by atoms with E-state index in [0.717, 1.165) is 12.8 Å². The zero-order valence-electron chi connectivity index (χ0n) is 10.2. The molecule has 1 N–H and O–H groups in total. The van der Waals surface area contributed by atoms with Gasteiger partial charge in [0.1, 0.15) is 5.82 Å². The van der Waals surface area contributed by atoms with E-state index in [-0.39, 0.29) is 11.4 Å². The average Bonchev–Trinajstić information content (AvgIpc) is 2.33. The summed E-state index contributed by atoms with van der Waals surface area (Å²) in [6, 6.07) is 4.73. The average molecular weight is 278 g/mol. The number of halogens is 3. The monoisotopic (exact) mass is 277 g/mol. The lowest BCUT2D eigenvalue weighted by molar-refractivity contribution is 0.332. The molecule has 96 valence electrons. The molecule has 0 aliphatic rings. The summed E-state index contributed by atoms with van der Waals surface area (Å²) in [5.41, 5.74) is 0.499. The molecule has 0 bridgehead atoms.